The number of hydrogen-bond acceptors (Lipinski definition) is 2. The van der Waals surface area contributed by atoms with Crippen molar-refractivity contribution in [3.8, 4) is 0 Å². The van der Waals surface area contributed by atoms with Crippen molar-refractivity contribution in [2.45, 2.75) is 12.5 Å². The van der Waals surface area contributed by atoms with Crippen molar-refractivity contribution in [3.63, 3.8) is 0 Å². The molecule has 2 aliphatic rings. The van der Waals surface area contributed by atoms with Crippen molar-refractivity contribution in [2.24, 2.45) is 0 Å². The molecule has 0 amide bonds. The molecule has 0 spiro atoms. The predicted octanol–water partition coefficient (Wildman–Crippen LogP) is 0.769. The van der Waals surface area contributed by atoms with Gasteiger partial charge in [0.05, 0.1) is 4.55 Å². The van der Waals surface area contributed by atoms with Crippen LogP contribution < -0.4 is 0 Å². The van der Waals surface area contributed by atoms with Gasteiger partial charge in [-0.3, -0.25) is 4.90 Å². The van der Waals surface area contributed by atoms with Crippen LogP contribution in [-0.2, 0) is 0 Å². The van der Waals surface area contributed by atoms with E-state index < -0.39 is 0 Å². The molecular weight excluding hydrogens is 239 g/mol. The number of piperazine rings is 1. The number of rotatable bonds is 1. The first-order chi connectivity index (χ1) is 4.90. The Morgan fingerprint density at radius 3 is 3.00 bits per heavy atom. The monoisotopic (exact) mass is 252 g/mol. The first-order valence-corrected chi connectivity index (χ1v) is 5.45. The first kappa shape index (κ1) is 7.31. The van der Waals surface area contributed by atoms with E-state index in [4.69, 9.17) is 0 Å². The fourth-order valence-electron chi connectivity index (χ4n) is 1.92. The molecule has 2 nitrogen and oxygen atoms in total. The van der Waals surface area contributed by atoms with Crippen molar-refractivity contribution in [3.05, 3.63) is 0 Å². The molecule has 10 heavy (non-hydrogen) atoms. The third-order valence-electron chi connectivity index (χ3n) is 2.62. The van der Waals surface area contributed by atoms with Crippen LogP contribution in [0.25, 0.3) is 0 Å². The van der Waals surface area contributed by atoms with Crippen LogP contribution >= 0.6 is 22.6 Å². The molecule has 2 atom stereocenters. The standard InChI is InChI=1S/C7H13IN2/c8-6-10-4-3-9-2-1-7(10)5-9/h7H,1-6H2. The Hall–Kier alpha value is 0.650. The van der Waals surface area contributed by atoms with Crippen molar-refractivity contribution >= 4 is 22.6 Å². The molecule has 2 unspecified atom stereocenters. The molecule has 2 heterocycles. The first-order valence-electron chi connectivity index (χ1n) is 3.92. The van der Waals surface area contributed by atoms with Gasteiger partial charge < -0.3 is 4.90 Å². The second kappa shape index (κ2) is 2.95. The Balaban J connectivity index is 2.00. The second-order valence-corrected chi connectivity index (χ2v) is 3.86. The second-order valence-electron chi connectivity index (χ2n) is 3.17. The van der Waals surface area contributed by atoms with Gasteiger partial charge in [-0.1, -0.05) is 22.6 Å². The van der Waals surface area contributed by atoms with Gasteiger partial charge >= 0.3 is 0 Å². The fraction of sp³-hybridized carbons (Fsp3) is 1.00. The highest BCUT2D eigenvalue weighted by Gasteiger charge is 2.31. The molecule has 0 N–H and O–H groups in total. The molecule has 3 heteroatoms. The van der Waals surface area contributed by atoms with Crippen LogP contribution in [-0.4, -0.2) is 46.6 Å². The third-order valence-corrected chi connectivity index (χ3v) is 3.50. The zero-order valence-electron chi connectivity index (χ0n) is 6.09. The summed E-state index contributed by atoms with van der Waals surface area (Å²) in [5.41, 5.74) is 0. The van der Waals surface area contributed by atoms with Gasteiger partial charge in [-0.15, -0.1) is 0 Å². The summed E-state index contributed by atoms with van der Waals surface area (Å²) in [6.07, 6.45) is 1.41. The molecule has 0 radical (unpaired) electrons. The van der Waals surface area contributed by atoms with Gasteiger partial charge in [0, 0.05) is 25.7 Å². The van der Waals surface area contributed by atoms with E-state index in [0.717, 1.165) is 6.04 Å². The average molecular weight is 252 g/mol. The van der Waals surface area contributed by atoms with E-state index in [1.54, 1.807) is 0 Å². The van der Waals surface area contributed by atoms with Crippen molar-refractivity contribution in [1.82, 2.24) is 9.80 Å². The lowest BCUT2D eigenvalue weighted by molar-refractivity contribution is 0.161. The van der Waals surface area contributed by atoms with Crippen LogP contribution in [0.2, 0.25) is 0 Å². The van der Waals surface area contributed by atoms with E-state index in [2.05, 4.69) is 32.4 Å². The number of alkyl halides is 1. The maximum Gasteiger partial charge on any atom is 0.0509 e. The molecule has 0 aromatic rings. The van der Waals surface area contributed by atoms with Crippen LogP contribution in [0.4, 0.5) is 0 Å². The zero-order chi connectivity index (χ0) is 6.97. The lowest BCUT2D eigenvalue weighted by atomic mass is 10.2. The summed E-state index contributed by atoms with van der Waals surface area (Å²) in [6.45, 7) is 5.29. The minimum absolute atomic E-state index is 0.894. The van der Waals surface area contributed by atoms with Crippen LogP contribution in [0.3, 0.4) is 0 Å². The van der Waals surface area contributed by atoms with Crippen molar-refractivity contribution in [1.29, 1.82) is 0 Å². The van der Waals surface area contributed by atoms with E-state index in [0.29, 0.717) is 0 Å². The summed E-state index contributed by atoms with van der Waals surface area (Å²) in [7, 11) is 0. The molecule has 2 rings (SSSR count). The summed E-state index contributed by atoms with van der Waals surface area (Å²) >= 11 is 2.47. The van der Waals surface area contributed by atoms with E-state index in [1.807, 2.05) is 0 Å². The van der Waals surface area contributed by atoms with Crippen molar-refractivity contribution in [2.75, 3.05) is 30.7 Å². The molecule has 2 bridgehead atoms. The van der Waals surface area contributed by atoms with Gasteiger partial charge in [-0.2, -0.15) is 0 Å². The van der Waals surface area contributed by atoms with E-state index in [-0.39, 0.29) is 0 Å². The maximum atomic E-state index is 2.60. The predicted molar refractivity (Wildman–Crippen MR) is 50.4 cm³/mol. The minimum atomic E-state index is 0.894. The fourth-order valence-corrected chi connectivity index (χ4v) is 2.82. The molecule has 0 aliphatic carbocycles. The minimum Gasteiger partial charge on any atom is -0.300 e. The number of fused-ring (bicyclic) bond motifs is 2. The molecule has 2 saturated heterocycles. The molecule has 0 aromatic heterocycles. The lowest BCUT2D eigenvalue weighted by Crippen LogP contribution is -2.45. The Bertz CT molecular complexity index is 129. The van der Waals surface area contributed by atoms with Crippen LogP contribution in [0.15, 0.2) is 0 Å². The Kier molecular flexibility index (Phi) is 2.15. The highest BCUT2D eigenvalue weighted by atomic mass is 127. The van der Waals surface area contributed by atoms with Crippen LogP contribution in [0.5, 0.6) is 0 Å². The summed E-state index contributed by atoms with van der Waals surface area (Å²) < 4.78 is 1.22. The SMILES string of the molecule is ICN1CCN2CCC1C2. The van der Waals surface area contributed by atoms with Gasteiger partial charge in [-0.25, -0.2) is 0 Å². The summed E-state index contributed by atoms with van der Waals surface area (Å²) in [5.74, 6) is 0. The van der Waals surface area contributed by atoms with E-state index >= 15 is 0 Å². The quantitative estimate of drug-likeness (QED) is 0.386. The Morgan fingerprint density at radius 1 is 1.30 bits per heavy atom. The Morgan fingerprint density at radius 2 is 2.20 bits per heavy atom. The van der Waals surface area contributed by atoms with Gasteiger partial charge in [-0.05, 0) is 13.0 Å². The van der Waals surface area contributed by atoms with Crippen molar-refractivity contribution < 1.29 is 0 Å². The van der Waals surface area contributed by atoms with Gasteiger partial charge in [0.1, 0.15) is 0 Å². The van der Waals surface area contributed by atoms with E-state index in [1.165, 1.54) is 37.2 Å². The highest BCUT2D eigenvalue weighted by molar-refractivity contribution is 14.1. The van der Waals surface area contributed by atoms with Crippen LogP contribution in [0, 0.1) is 0 Å². The normalized spacial score (nSPS) is 40.5. The molecule has 2 aliphatic heterocycles. The summed E-state index contributed by atoms with van der Waals surface area (Å²) in [6, 6.07) is 0.894. The number of nitrogens with zero attached hydrogens (tertiary/aromatic N) is 2. The van der Waals surface area contributed by atoms with Gasteiger partial charge in [0.25, 0.3) is 0 Å². The van der Waals surface area contributed by atoms with Crippen LogP contribution in [0.1, 0.15) is 6.42 Å². The number of hydrogen-bond donors (Lipinski definition) is 0. The third kappa shape index (κ3) is 1.19. The Labute approximate surface area is 75.7 Å². The molecular formula is C7H13IN2. The average Bonchev–Trinajstić information content (AvgIpc) is 2.34. The van der Waals surface area contributed by atoms with E-state index in [9.17, 15) is 0 Å². The molecule has 2 fully saturated rings. The molecule has 58 valence electrons. The maximum absolute atomic E-state index is 2.60. The topological polar surface area (TPSA) is 6.48 Å². The van der Waals surface area contributed by atoms with Gasteiger partial charge in [0.2, 0.25) is 0 Å². The molecule has 0 aromatic carbocycles. The summed E-state index contributed by atoms with van der Waals surface area (Å²) in [4.78, 5) is 5.18. The molecule has 0 saturated carbocycles. The largest absolute Gasteiger partial charge is 0.300 e. The van der Waals surface area contributed by atoms with Gasteiger partial charge in [0.15, 0.2) is 0 Å². The smallest absolute Gasteiger partial charge is 0.0509 e. The zero-order valence-corrected chi connectivity index (χ0v) is 8.25. The summed E-state index contributed by atoms with van der Waals surface area (Å²) in [5, 5.41) is 0. The highest BCUT2D eigenvalue weighted by Crippen LogP contribution is 2.20. The number of halogens is 1. The lowest BCUT2D eigenvalue weighted by Gasteiger charge is -2.32.